The molecule has 8 heteroatoms. The number of hydrogen-bond donors (Lipinski definition) is 1. The monoisotopic (exact) mass is 494 g/mol. The van der Waals surface area contributed by atoms with Crippen LogP contribution >= 0.6 is 11.6 Å². The van der Waals surface area contributed by atoms with E-state index in [4.69, 9.17) is 11.6 Å². The van der Waals surface area contributed by atoms with Gasteiger partial charge in [-0.15, -0.1) is 0 Å². The fourth-order valence-electron chi connectivity index (χ4n) is 5.46. The van der Waals surface area contributed by atoms with Gasteiger partial charge < -0.3 is 9.88 Å². The van der Waals surface area contributed by atoms with Crippen LogP contribution in [-0.4, -0.2) is 51.4 Å². The standard InChI is InChI=1S/C27H31ClN4O3/c28-22-10-11-24-23(16-22)26(34)32(27(35)29-24)18-20-6-8-21(9-7-20)25(33)31-14-12-30(13-15-31)17-19-4-2-1-3-5-19/h1-5,10-11,16,20-21H,6-9,12-15,17-18H2,(H,29,35). The maximum atomic E-state index is 13.2. The molecule has 35 heavy (non-hydrogen) atoms. The molecule has 1 N–H and O–H groups in total. The molecule has 2 fully saturated rings. The van der Waals surface area contributed by atoms with Crippen molar-refractivity contribution in [2.24, 2.45) is 11.8 Å². The third-order valence-electron chi connectivity index (χ3n) is 7.51. The molecular formula is C27H31ClN4O3. The minimum atomic E-state index is -0.392. The summed E-state index contributed by atoms with van der Waals surface area (Å²) in [5.74, 6) is 0.507. The van der Waals surface area contributed by atoms with Crippen LogP contribution in [0.15, 0.2) is 58.1 Å². The molecule has 0 spiro atoms. The molecule has 0 radical (unpaired) electrons. The summed E-state index contributed by atoms with van der Waals surface area (Å²) >= 11 is 6.05. The number of hydrogen-bond acceptors (Lipinski definition) is 4. The summed E-state index contributed by atoms with van der Waals surface area (Å²) in [7, 11) is 0. The normalized spacial score (nSPS) is 21.3. The molecule has 184 valence electrons. The first-order valence-corrected chi connectivity index (χ1v) is 12.8. The van der Waals surface area contributed by atoms with E-state index in [2.05, 4.69) is 34.1 Å². The van der Waals surface area contributed by atoms with E-state index < -0.39 is 5.69 Å². The molecule has 1 aliphatic heterocycles. The van der Waals surface area contributed by atoms with Crippen LogP contribution in [-0.2, 0) is 17.9 Å². The number of benzene rings is 2. The number of rotatable bonds is 5. The number of carbonyl (C=O) groups is 1. The fourth-order valence-corrected chi connectivity index (χ4v) is 5.64. The van der Waals surface area contributed by atoms with E-state index in [1.165, 1.54) is 10.1 Å². The Balaban J connectivity index is 1.14. The number of nitrogens with zero attached hydrogens (tertiary/aromatic N) is 3. The maximum Gasteiger partial charge on any atom is 0.328 e. The summed E-state index contributed by atoms with van der Waals surface area (Å²) in [6.07, 6.45) is 3.28. The van der Waals surface area contributed by atoms with Crippen LogP contribution in [0.3, 0.4) is 0 Å². The molecule has 1 aliphatic carbocycles. The highest BCUT2D eigenvalue weighted by molar-refractivity contribution is 6.31. The second kappa shape index (κ2) is 10.4. The van der Waals surface area contributed by atoms with E-state index in [1.807, 2.05) is 11.0 Å². The van der Waals surface area contributed by atoms with Crippen molar-refractivity contribution in [2.75, 3.05) is 26.2 Å². The number of aromatic amines is 1. The third kappa shape index (κ3) is 5.36. The van der Waals surface area contributed by atoms with Crippen molar-refractivity contribution in [3.05, 3.63) is 80.0 Å². The van der Waals surface area contributed by atoms with Gasteiger partial charge in [-0.05, 0) is 55.4 Å². The average molecular weight is 495 g/mol. The van der Waals surface area contributed by atoms with Crippen LogP contribution < -0.4 is 11.2 Å². The Kier molecular flexibility index (Phi) is 7.07. The van der Waals surface area contributed by atoms with Crippen molar-refractivity contribution in [1.29, 1.82) is 0 Å². The molecule has 1 saturated heterocycles. The molecule has 2 aromatic carbocycles. The van der Waals surface area contributed by atoms with Crippen molar-refractivity contribution in [1.82, 2.24) is 19.4 Å². The zero-order valence-electron chi connectivity index (χ0n) is 19.8. The van der Waals surface area contributed by atoms with Crippen LogP contribution in [0, 0.1) is 11.8 Å². The van der Waals surface area contributed by atoms with E-state index in [-0.39, 0.29) is 23.3 Å². The second-order valence-electron chi connectivity index (χ2n) is 9.84. The molecule has 7 nitrogen and oxygen atoms in total. The highest BCUT2D eigenvalue weighted by Crippen LogP contribution is 2.31. The lowest BCUT2D eigenvalue weighted by Crippen LogP contribution is -2.50. The summed E-state index contributed by atoms with van der Waals surface area (Å²) in [6.45, 7) is 4.64. The van der Waals surface area contributed by atoms with Gasteiger partial charge in [-0.2, -0.15) is 0 Å². The Morgan fingerprint density at radius 3 is 2.37 bits per heavy atom. The summed E-state index contributed by atoms with van der Waals surface area (Å²) in [6, 6.07) is 15.4. The molecule has 0 unspecified atom stereocenters. The minimum absolute atomic E-state index is 0.0392. The number of nitrogens with one attached hydrogen (secondary N) is 1. The first kappa shape index (κ1) is 23.8. The van der Waals surface area contributed by atoms with Crippen molar-refractivity contribution < 1.29 is 4.79 Å². The van der Waals surface area contributed by atoms with Gasteiger partial charge in [0.15, 0.2) is 0 Å². The van der Waals surface area contributed by atoms with Gasteiger partial charge in [0.2, 0.25) is 5.91 Å². The minimum Gasteiger partial charge on any atom is -0.340 e. The van der Waals surface area contributed by atoms with E-state index in [1.54, 1.807) is 18.2 Å². The summed E-state index contributed by atoms with van der Waals surface area (Å²) in [5, 5.41) is 0.889. The lowest BCUT2D eigenvalue weighted by atomic mass is 9.81. The number of aromatic nitrogens is 2. The van der Waals surface area contributed by atoms with E-state index in [0.29, 0.717) is 22.5 Å². The number of fused-ring (bicyclic) bond motifs is 1. The average Bonchev–Trinajstić information content (AvgIpc) is 2.88. The molecule has 1 saturated carbocycles. The smallest absolute Gasteiger partial charge is 0.328 e. The zero-order chi connectivity index (χ0) is 24.4. The molecule has 1 aromatic heterocycles. The quantitative estimate of drug-likeness (QED) is 0.589. The number of amides is 1. The topological polar surface area (TPSA) is 78.4 Å². The van der Waals surface area contributed by atoms with Crippen LogP contribution in [0.1, 0.15) is 31.2 Å². The van der Waals surface area contributed by atoms with Gasteiger partial charge in [0, 0.05) is 50.2 Å². The third-order valence-corrected chi connectivity index (χ3v) is 7.75. The second-order valence-corrected chi connectivity index (χ2v) is 10.3. The number of piperazine rings is 1. The van der Waals surface area contributed by atoms with Crippen LogP contribution in [0.5, 0.6) is 0 Å². The largest absolute Gasteiger partial charge is 0.340 e. The van der Waals surface area contributed by atoms with E-state index in [0.717, 1.165) is 58.4 Å². The summed E-state index contributed by atoms with van der Waals surface area (Å²) in [4.78, 5) is 45.8. The summed E-state index contributed by atoms with van der Waals surface area (Å²) < 4.78 is 1.29. The molecular weight excluding hydrogens is 464 g/mol. The molecule has 3 aromatic rings. The van der Waals surface area contributed by atoms with Crippen LogP contribution in [0.2, 0.25) is 5.02 Å². The summed E-state index contributed by atoms with van der Waals surface area (Å²) in [5.41, 5.74) is 1.10. The molecule has 2 heterocycles. The Bertz CT molecular complexity index is 1300. The van der Waals surface area contributed by atoms with Crippen molar-refractivity contribution in [3.8, 4) is 0 Å². The van der Waals surface area contributed by atoms with Gasteiger partial charge in [-0.3, -0.25) is 19.1 Å². The maximum absolute atomic E-state index is 13.2. The zero-order valence-corrected chi connectivity index (χ0v) is 20.5. The Hall–Kier alpha value is -2.90. The lowest BCUT2D eigenvalue weighted by molar-refractivity contribution is -0.138. The molecule has 5 rings (SSSR count). The SMILES string of the molecule is O=C(C1CCC(Cn2c(=O)[nH]c3ccc(Cl)cc3c2=O)CC1)N1CCN(Cc2ccccc2)CC1. The van der Waals surface area contributed by atoms with Crippen LogP contribution in [0.25, 0.3) is 10.9 Å². The fraction of sp³-hybridized carbons (Fsp3) is 0.444. The molecule has 0 bridgehead atoms. The molecule has 0 atom stereocenters. The van der Waals surface area contributed by atoms with E-state index >= 15 is 0 Å². The van der Waals surface area contributed by atoms with Gasteiger partial charge in [0.1, 0.15) is 0 Å². The lowest BCUT2D eigenvalue weighted by Gasteiger charge is -2.38. The number of halogens is 1. The Morgan fingerprint density at radius 2 is 1.66 bits per heavy atom. The van der Waals surface area contributed by atoms with Crippen molar-refractivity contribution >= 4 is 28.4 Å². The van der Waals surface area contributed by atoms with Crippen molar-refractivity contribution in [3.63, 3.8) is 0 Å². The van der Waals surface area contributed by atoms with Gasteiger partial charge >= 0.3 is 5.69 Å². The van der Waals surface area contributed by atoms with Crippen LogP contribution in [0.4, 0.5) is 0 Å². The number of H-pyrrole nitrogens is 1. The predicted octanol–water partition coefficient (Wildman–Crippen LogP) is 3.49. The van der Waals surface area contributed by atoms with Gasteiger partial charge in [-0.1, -0.05) is 41.9 Å². The molecule has 2 aliphatic rings. The number of carbonyl (C=O) groups excluding carboxylic acids is 1. The Labute approximate surface area is 209 Å². The van der Waals surface area contributed by atoms with Gasteiger partial charge in [0.05, 0.1) is 10.9 Å². The Morgan fingerprint density at radius 1 is 0.943 bits per heavy atom. The highest BCUT2D eigenvalue weighted by atomic mass is 35.5. The van der Waals surface area contributed by atoms with Gasteiger partial charge in [0.25, 0.3) is 5.56 Å². The highest BCUT2D eigenvalue weighted by Gasteiger charge is 2.31. The van der Waals surface area contributed by atoms with E-state index in [9.17, 15) is 14.4 Å². The predicted molar refractivity (Wildman–Crippen MR) is 138 cm³/mol. The first-order valence-electron chi connectivity index (χ1n) is 12.5. The first-order chi connectivity index (χ1) is 17.0. The molecule has 1 amide bonds. The van der Waals surface area contributed by atoms with Crippen molar-refractivity contribution in [2.45, 2.75) is 38.8 Å². The van der Waals surface area contributed by atoms with Gasteiger partial charge in [-0.25, -0.2) is 4.79 Å².